The largest absolute Gasteiger partial charge is 0.419 e. The molecule has 0 aliphatic rings. The van der Waals surface area contributed by atoms with Gasteiger partial charge in [-0.15, -0.1) is 0 Å². The molecular weight excluding hydrogens is 229 g/mol. The van der Waals surface area contributed by atoms with Gasteiger partial charge in [0.1, 0.15) is 0 Å². The summed E-state index contributed by atoms with van der Waals surface area (Å²) in [7, 11) is 0. The van der Waals surface area contributed by atoms with E-state index in [1.54, 1.807) is 30.3 Å². The lowest BCUT2D eigenvalue weighted by atomic mass is 10.0. The Bertz CT molecular complexity index is 521. The Balaban J connectivity index is 2.58. The fourth-order valence-corrected chi connectivity index (χ4v) is 1.54. The maximum atomic E-state index is 12.6. The van der Waals surface area contributed by atoms with E-state index in [2.05, 4.69) is 4.98 Å². The molecule has 0 fully saturated rings. The fraction of sp³-hybridized carbons (Fsp3) is 0.0833. The molecule has 0 aliphatic heterocycles. The van der Waals surface area contributed by atoms with Gasteiger partial charge in [-0.1, -0.05) is 30.3 Å². The van der Waals surface area contributed by atoms with E-state index in [1.807, 2.05) is 0 Å². The van der Waals surface area contributed by atoms with Crippen molar-refractivity contribution in [2.45, 2.75) is 6.18 Å². The molecule has 0 saturated carbocycles. The molecule has 0 aliphatic carbocycles. The van der Waals surface area contributed by atoms with Crippen molar-refractivity contribution in [1.29, 1.82) is 0 Å². The summed E-state index contributed by atoms with van der Waals surface area (Å²) >= 11 is 0. The van der Waals surface area contributed by atoms with Gasteiger partial charge in [0.25, 0.3) is 0 Å². The Labute approximate surface area is 95.9 Å². The van der Waals surface area contributed by atoms with Crippen molar-refractivity contribution >= 4 is 5.69 Å². The van der Waals surface area contributed by atoms with Crippen LogP contribution in [0.2, 0.25) is 0 Å². The van der Waals surface area contributed by atoms with Crippen LogP contribution in [0.5, 0.6) is 0 Å². The first-order valence-electron chi connectivity index (χ1n) is 4.86. The lowest BCUT2D eigenvalue weighted by molar-refractivity contribution is -0.137. The Morgan fingerprint density at radius 2 is 1.65 bits per heavy atom. The van der Waals surface area contributed by atoms with Crippen molar-refractivity contribution in [1.82, 2.24) is 4.98 Å². The highest BCUT2D eigenvalue weighted by molar-refractivity contribution is 5.77. The molecule has 17 heavy (non-hydrogen) atoms. The molecule has 0 saturated heterocycles. The summed E-state index contributed by atoms with van der Waals surface area (Å²) in [5, 5.41) is 0. The molecule has 1 aromatic carbocycles. The van der Waals surface area contributed by atoms with Crippen molar-refractivity contribution < 1.29 is 13.2 Å². The highest BCUT2D eigenvalue weighted by atomic mass is 19.4. The number of nitrogen functional groups attached to an aromatic ring is 1. The topological polar surface area (TPSA) is 38.9 Å². The fourth-order valence-electron chi connectivity index (χ4n) is 1.54. The van der Waals surface area contributed by atoms with Gasteiger partial charge in [-0.3, -0.25) is 4.98 Å². The number of rotatable bonds is 1. The zero-order chi connectivity index (χ0) is 12.5. The summed E-state index contributed by atoms with van der Waals surface area (Å²) in [6.45, 7) is 0. The van der Waals surface area contributed by atoms with Gasteiger partial charge in [-0.2, -0.15) is 13.2 Å². The zero-order valence-corrected chi connectivity index (χ0v) is 8.70. The Morgan fingerprint density at radius 3 is 2.24 bits per heavy atom. The lowest BCUT2D eigenvalue weighted by Crippen LogP contribution is -2.10. The van der Waals surface area contributed by atoms with Gasteiger partial charge in [-0.25, -0.2) is 0 Å². The highest BCUT2D eigenvalue weighted by Gasteiger charge is 2.34. The van der Waals surface area contributed by atoms with E-state index in [4.69, 9.17) is 5.73 Å². The maximum absolute atomic E-state index is 12.6. The summed E-state index contributed by atoms with van der Waals surface area (Å²) in [6, 6.07) is 8.62. The second kappa shape index (κ2) is 4.08. The minimum Gasteiger partial charge on any atom is -0.398 e. The molecule has 0 spiro atoms. The van der Waals surface area contributed by atoms with E-state index in [-0.39, 0.29) is 5.69 Å². The second-order valence-corrected chi connectivity index (χ2v) is 3.51. The first-order valence-corrected chi connectivity index (χ1v) is 4.86. The number of pyridine rings is 1. The Morgan fingerprint density at radius 1 is 1.00 bits per heavy atom. The van der Waals surface area contributed by atoms with Gasteiger partial charge >= 0.3 is 6.18 Å². The average Bonchev–Trinajstić information content (AvgIpc) is 2.29. The lowest BCUT2D eigenvalue weighted by Gasteiger charge is -2.12. The van der Waals surface area contributed by atoms with Crippen LogP contribution in [0.1, 0.15) is 5.56 Å². The highest BCUT2D eigenvalue weighted by Crippen LogP contribution is 2.37. The Kier molecular flexibility index (Phi) is 2.75. The summed E-state index contributed by atoms with van der Waals surface area (Å²) < 4.78 is 37.9. The van der Waals surface area contributed by atoms with Crippen molar-refractivity contribution in [3.63, 3.8) is 0 Å². The second-order valence-electron chi connectivity index (χ2n) is 3.51. The molecule has 1 heterocycles. The molecule has 2 nitrogen and oxygen atoms in total. The van der Waals surface area contributed by atoms with Gasteiger partial charge in [-0.05, 0) is 5.56 Å². The third kappa shape index (κ3) is 2.22. The number of aromatic nitrogens is 1. The quantitative estimate of drug-likeness (QED) is 0.827. The van der Waals surface area contributed by atoms with Gasteiger partial charge < -0.3 is 5.73 Å². The third-order valence-electron chi connectivity index (χ3n) is 2.38. The maximum Gasteiger partial charge on any atom is 0.419 e. The molecule has 88 valence electrons. The number of halogens is 3. The molecule has 5 heteroatoms. The number of anilines is 1. The third-order valence-corrected chi connectivity index (χ3v) is 2.38. The zero-order valence-electron chi connectivity index (χ0n) is 8.70. The molecule has 0 atom stereocenters. The first kappa shape index (κ1) is 11.4. The SMILES string of the molecule is Nc1c(-c2ccccc2)cncc1C(F)(F)F. The molecule has 2 aromatic rings. The van der Waals surface area contributed by atoms with Crippen LogP contribution in [-0.2, 0) is 6.18 Å². The van der Waals surface area contributed by atoms with Crippen LogP contribution in [0.25, 0.3) is 11.1 Å². The monoisotopic (exact) mass is 238 g/mol. The van der Waals surface area contributed by atoms with E-state index in [9.17, 15) is 13.2 Å². The number of nitrogens with zero attached hydrogens (tertiary/aromatic N) is 1. The smallest absolute Gasteiger partial charge is 0.398 e. The van der Waals surface area contributed by atoms with E-state index >= 15 is 0 Å². The predicted octanol–water partition coefficient (Wildman–Crippen LogP) is 3.35. The van der Waals surface area contributed by atoms with E-state index in [0.717, 1.165) is 6.20 Å². The summed E-state index contributed by atoms with van der Waals surface area (Å²) in [5.74, 6) is 0. The number of hydrogen-bond acceptors (Lipinski definition) is 2. The molecule has 0 radical (unpaired) electrons. The van der Waals surface area contributed by atoms with Gasteiger partial charge in [0.15, 0.2) is 0 Å². The van der Waals surface area contributed by atoms with Crippen LogP contribution in [0.15, 0.2) is 42.7 Å². The number of hydrogen-bond donors (Lipinski definition) is 1. The van der Waals surface area contributed by atoms with Crippen molar-refractivity contribution in [2.75, 3.05) is 5.73 Å². The van der Waals surface area contributed by atoms with Gasteiger partial charge in [0.05, 0.1) is 11.3 Å². The van der Waals surface area contributed by atoms with Crippen molar-refractivity contribution in [2.24, 2.45) is 0 Å². The number of benzene rings is 1. The van der Waals surface area contributed by atoms with Crippen molar-refractivity contribution in [3.8, 4) is 11.1 Å². The minimum absolute atomic E-state index is 0.292. The van der Waals surface area contributed by atoms with Gasteiger partial charge in [0.2, 0.25) is 0 Å². The number of nitrogens with two attached hydrogens (primary N) is 1. The van der Waals surface area contributed by atoms with E-state index in [0.29, 0.717) is 11.1 Å². The molecule has 0 bridgehead atoms. The molecule has 2 rings (SSSR count). The van der Waals surface area contributed by atoms with Crippen LogP contribution < -0.4 is 5.73 Å². The molecule has 0 unspecified atom stereocenters. The predicted molar refractivity (Wildman–Crippen MR) is 59.1 cm³/mol. The summed E-state index contributed by atoms with van der Waals surface area (Å²) in [5.41, 5.74) is 5.25. The first-order chi connectivity index (χ1) is 8.00. The van der Waals surface area contributed by atoms with Gasteiger partial charge in [0, 0.05) is 18.0 Å². The Hall–Kier alpha value is -2.04. The van der Waals surface area contributed by atoms with Crippen LogP contribution in [0.4, 0.5) is 18.9 Å². The molecule has 1 aromatic heterocycles. The molecule has 2 N–H and O–H groups in total. The van der Waals surface area contributed by atoms with Crippen LogP contribution in [0.3, 0.4) is 0 Å². The van der Waals surface area contributed by atoms with Crippen molar-refractivity contribution in [3.05, 3.63) is 48.3 Å². The van der Waals surface area contributed by atoms with Crippen LogP contribution in [-0.4, -0.2) is 4.98 Å². The average molecular weight is 238 g/mol. The normalized spacial score (nSPS) is 11.5. The minimum atomic E-state index is -4.48. The molecular formula is C12H9F3N2. The number of alkyl halides is 3. The molecule has 0 amide bonds. The van der Waals surface area contributed by atoms with Crippen LogP contribution in [0, 0.1) is 0 Å². The van der Waals surface area contributed by atoms with E-state index in [1.165, 1.54) is 6.20 Å². The summed E-state index contributed by atoms with van der Waals surface area (Å²) in [4.78, 5) is 3.59. The van der Waals surface area contributed by atoms with Crippen LogP contribution >= 0.6 is 0 Å². The summed E-state index contributed by atoms with van der Waals surface area (Å²) in [6.07, 6.45) is -2.41. The standard InChI is InChI=1S/C12H9F3N2/c13-12(14,15)10-7-17-6-9(11(10)16)8-4-2-1-3-5-8/h1-7H,(H2,16,17). The van der Waals surface area contributed by atoms with E-state index < -0.39 is 11.7 Å².